The quantitative estimate of drug-likeness (QED) is 0.519. The Kier molecular flexibility index (Phi) is 6.34. The molecule has 1 atom stereocenters. The number of fused-ring (bicyclic) bond motifs is 3. The number of morpholine rings is 1. The number of hydrogen-bond donors (Lipinski definition) is 2. The van der Waals surface area contributed by atoms with E-state index >= 15 is 0 Å². The highest BCUT2D eigenvalue weighted by Gasteiger charge is 2.34. The number of aliphatic imine (C=N–C) groups is 1. The minimum Gasteiger partial charge on any atom is -0.378 e. The molecule has 0 unspecified atom stereocenters. The zero-order valence-electron chi connectivity index (χ0n) is 21.7. The fraction of sp³-hybridized carbons (Fsp3) is 0.379. The van der Waals surface area contributed by atoms with Crippen LogP contribution in [0.25, 0.3) is 17.1 Å². The predicted octanol–water partition coefficient (Wildman–Crippen LogP) is 4.59. The van der Waals surface area contributed by atoms with Gasteiger partial charge in [-0.05, 0) is 73.7 Å². The number of aromatic nitrogens is 2. The first-order chi connectivity index (χ1) is 18.2. The summed E-state index contributed by atoms with van der Waals surface area (Å²) in [7, 11) is 0. The Balaban J connectivity index is 1.44. The van der Waals surface area contributed by atoms with E-state index in [0.29, 0.717) is 5.96 Å². The lowest BCUT2D eigenvalue weighted by Crippen LogP contribution is -2.37. The first-order valence-corrected chi connectivity index (χ1v) is 13.3. The van der Waals surface area contributed by atoms with Crippen molar-refractivity contribution in [3.63, 3.8) is 0 Å². The average Bonchev–Trinajstić information content (AvgIpc) is 3.51. The number of nitrogens with one attached hydrogen (secondary N) is 1. The lowest BCUT2D eigenvalue weighted by Gasteiger charge is -2.33. The molecule has 6 rings (SSSR count). The van der Waals surface area contributed by atoms with Crippen molar-refractivity contribution in [2.45, 2.75) is 32.9 Å². The third-order valence-electron chi connectivity index (χ3n) is 7.62. The molecule has 3 N–H and O–H groups in total. The van der Waals surface area contributed by atoms with Crippen molar-refractivity contribution in [3.05, 3.63) is 70.9 Å². The number of guanidine groups is 1. The van der Waals surface area contributed by atoms with Crippen LogP contribution in [0, 0.1) is 0 Å². The van der Waals surface area contributed by atoms with Gasteiger partial charge in [0.1, 0.15) is 0 Å². The number of allylic oxidation sites excluding steroid dienone is 1. The van der Waals surface area contributed by atoms with Gasteiger partial charge in [-0.1, -0.05) is 24.3 Å². The van der Waals surface area contributed by atoms with E-state index in [-0.39, 0.29) is 6.17 Å². The monoisotopic (exact) mass is 497 g/mol. The molecule has 192 valence electrons. The van der Waals surface area contributed by atoms with Crippen LogP contribution in [0.3, 0.4) is 0 Å². The molecule has 37 heavy (non-hydrogen) atoms. The van der Waals surface area contributed by atoms with Crippen LogP contribution in [-0.2, 0) is 4.74 Å². The van der Waals surface area contributed by atoms with E-state index in [1.54, 1.807) is 0 Å². The van der Waals surface area contributed by atoms with Crippen LogP contribution < -0.4 is 16.0 Å². The van der Waals surface area contributed by atoms with Crippen molar-refractivity contribution in [2.24, 2.45) is 10.7 Å². The standard InChI is InChI=1S/C29H35N7O/c1-3-34(4-2)22-12-9-20(10-13-22)19-21-11-14-23(26(21)35-15-17-37-18-16-35)27-32-28(30)33-29-31-24-7-5-6-8-25(24)36(27)29/h5-10,12-13,19,27H,3-4,11,14-18H2,1-2H3,(H3,30,31,32,33)/b21-19+/t27-/m1/s1. The third kappa shape index (κ3) is 4.35. The van der Waals surface area contributed by atoms with E-state index in [1.165, 1.54) is 28.1 Å². The minimum atomic E-state index is -0.225. The van der Waals surface area contributed by atoms with E-state index < -0.39 is 0 Å². The highest BCUT2D eigenvalue weighted by molar-refractivity contribution is 5.94. The summed E-state index contributed by atoms with van der Waals surface area (Å²) < 4.78 is 7.91. The number of hydrogen-bond acceptors (Lipinski definition) is 7. The van der Waals surface area contributed by atoms with E-state index in [9.17, 15) is 0 Å². The van der Waals surface area contributed by atoms with Gasteiger partial charge in [0.15, 0.2) is 12.1 Å². The summed E-state index contributed by atoms with van der Waals surface area (Å²) in [5.74, 6) is 1.16. The second-order valence-electron chi connectivity index (χ2n) is 9.71. The van der Waals surface area contributed by atoms with Gasteiger partial charge in [0, 0.05) is 37.6 Å². The number of rotatable bonds is 6. The number of benzene rings is 2. The Labute approximate surface area is 218 Å². The van der Waals surface area contributed by atoms with Gasteiger partial charge in [0.25, 0.3) is 0 Å². The van der Waals surface area contributed by atoms with E-state index in [0.717, 1.165) is 69.2 Å². The van der Waals surface area contributed by atoms with E-state index in [2.05, 4.69) is 76.0 Å². The molecule has 1 aromatic heterocycles. The molecule has 0 amide bonds. The average molecular weight is 498 g/mol. The van der Waals surface area contributed by atoms with Crippen LogP contribution in [0.2, 0.25) is 0 Å². The molecule has 1 fully saturated rings. The largest absolute Gasteiger partial charge is 0.378 e. The van der Waals surface area contributed by atoms with Gasteiger partial charge in [-0.15, -0.1) is 0 Å². The van der Waals surface area contributed by atoms with Crippen LogP contribution in [0.1, 0.15) is 38.4 Å². The molecule has 3 heterocycles. The van der Waals surface area contributed by atoms with Crippen molar-refractivity contribution in [1.82, 2.24) is 14.5 Å². The molecule has 3 aliphatic rings. The molecule has 8 nitrogen and oxygen atoms in total. The molecule has 0 saturated carbocycles. The zero-order valence-corrected chi connectivity index (χ0v) is 21.7. The molecule has 2 aromatic carbocycles. The Morgan fingerprint density at radius 3 is 2.57 bits per heavy atom. The van der Waals surface area contributed by atoms with Gasteiger partial charge >= 0.3 is 0 Å². The molecule has 1 aliphatic carbocycles. The normalized spacial score (nSPS) is 20.8. The summed E-state index contributed by atoms with van der Waals surface area (Å²) in [5.41, 5.74) is 14.7. The maximum Gasteiger partial charge on any atom is 0.212 e. The highest BCUT2D eigenvalue weighted by atomic mass is 16.5. The maximum absolute atomic E-state index is 6.28. The van der Waals surface area contributed by atoms with Crippen molar-refractivity contribution in [2.75, 3.05) is 49.6 Å². The van der Waals surface area contributed by atoms with Gasteiger partial charge in [-0.2, -0.15) is 0 Å². The Hall–Kier alpha value is -3.78. The molecule has 8 heteroatoms. The first kappa shape index (κ1) is 23.6. The second kappa shape index (κ2) is 9.94. The van der Waals surface area contributed by atoms with Gasteiger partial charge in [-0.25, -0.2) is 9.98 Å². The topological polar surface area (TPSA) is 83.9 Å². The van der Waals surface area contributed by atoms with Crippen LogP contribution >= 0.6 is 0 Å². The van der Waals surface area contributed by atoms with E-state index in [1.807, 2.05) is 12.1 Å². The van der Waals surface area contributed by atoms with E-state index in [4.69, 9.17) is 20.4 Å². The number of anilines is 2. The third-order valence-corrected chi connectivity index (χ3v) is 7.62. The van der Waals surface area contributed by atoms with Gasteiger partial charge in [0.2, 0.25) is 5.95 Å². The molecule has 0 radical (unpaired) electrons. The smallest absolute Gasteiger partial charge is 0.212 e. The number of nitrogens with two attached hydrogens (primary N) is 1. The number of para-hydroxylation sites is 2. The summed E-state index contributed by atoms with van der Waals surface area (Å²) in [4.78, 5) is 14.6. The molecular formula is C29H35N7O. The predicted molar refractivity (Wildman–Crippen MR) is 151 cm³/mol. The summed E-state index contributed by atoms with van der Waals surface area (Å²) in [6.07, 6.45) is 4.03. The lowest BCUT2D eigenvalue weighted by atomic mass is 10.1. The van der Waals surface area contributed by atoms with Crippen LogP contribution in [0.4, 0.5) is 11.6 Å². The van der Waals surface area contributed by atoms with Crippen molar-refractivity contribution < 1.29 is 4.74 Å². The maximum atomic E-state index is 6.28. The lowest BCUT2D eigenvalue weighted by molar-refractivity contribution is 0.0544. The van der Waals surface area contributed by atoms with Crippen LogP contribution in [0.5, 0.6) is 0 Å². The van der Waals surface area contributed by atoms with Gasteiger partial charge < -0.3 is 20.3 Å². The fourth-order valence-corrected chi connectivity index (χ4v) is 5.82. The summed E-state index contributed by atoms with van der Waals surface area (Å²) in [6, 6.07) is 17.1. The molecule has 2 aliphatic heterocycles. The highest BCUT2D eigenvalue weighted by Crippen LogP contribution is 2.44. The molecule has 1 saturated heterocycles. The summed E-state index contributed by atoms with van der Waals surface area (Å²) in [6.45, 7) is 9.63. The van der Waals surface area contributed by atoms with Crippen molar-refractivity contribution in [1.29, 1.82) is 0 Å². The fourth-order valence-electron chi connectivity index (χ4n) is 5.82. The van der Waals surface area contributed by atoms with Gasteiger partial charge in [0.05, 0.1) is 24.2 Å². The van der Waals surface area contributed by atoms with Crippen molar-refractivity contribution in [3.8, 4) is 0 Å². The Morgan fingerprint density at radius 2 is 1.81 bits per heavy atom. The summed E-state index contributed by atoms with van der Waals surface area (Å²) >= 11 is 0. The second-order valence-corrected chi connectivity index (χ2v) is 9.71. The molecule has 3 aromatic rings. The number of ether oxygens (including phenoxy) is 1. The molecule has 0 bridgehead atoms. The number of nitrogens with zero attached hydrogens (tertiary/aromatic N) is 5. The molecule has 0 spiro atoms. The number of imidazole rings is 1. The van der Waals surface area contributed by atoms with Crippen molar-refractivity contribution >= 4 is 34.7 Å². The first-order valence-electron chi connectivity index (χ1n) is 13.3. The molecular weight excluding hydrogens is 462 g/mol. The Bertz CT molecular complexity index is 1380. The Morgan fingerprint density at radius 1 is 1.05 bits per heavy atom. The van der Waals surface area contributed by atoms with Crippen LogP contribution in [0.15, 0.2) is 70.4 Å². The van der Waals surface area contributed by atoms with Gasteiger partial charge in [-0.3, -0.25) is 9.88 Å². The van der Waals surface area contributed by atoms with Crippen LogP contribution in [-0.4, -0.2) is 59.8 Å². The zero-order chi connectivity index (χ0) is 25.4. The minimum absolute atomic E-state index is 0.225. The summed E-state index contributed by atoms with van der Waals surface area (Å²) in [5, 5.41) is 3.18. The SMILES string of the molecule is CCN(CC)c1ccc(/C=C2\CCC([C@@H]3N=C(N)Nc4nc5ccccc5n43)=C2N2CCOCC2)cc1.